The van der Waals surface area contributed by atoms with Crippen molar-refractivity contribution in [3.8, 4) is 17.2 Å². The SMILES string of the molecule is O=[N+]([O-])c1cc(Oc2ccc(OC(F)(F)F)cc2)ccc1Cl. The van der Waals surface area contributed by atoms with Crippen molar-refractivity contribution in [2.45, 2.75) is 6.36 Å². The second-order valence-corrected chi connectivity index (χ2v) is 4.40. The molecule has 2 rings (SSSR count). The minimum Gasteiger partial charge on any atom is -0.457 e. The summed E-state index contributed by atoms with van der Waals surface area (Å²) in [4.78, 5) is 10.1. The van der Waals surface area contributed by atoms with Gasteiger partial charge in [0.2, 0.25) is 0 Å². The van der Waals surface area contributed by atoms with Gasteiger partial charge in [-0.1, -0.05) is 11.6 Å². The highest BCUT2D eigenvalue weighted by Crippen LogP contribution is 2.32. The first-order valence-corrected chi connectivity index (χ1v) is 6.10. The first-order chi connectivity index (χ1) is 10.2. The van der Waals surface area contributed by atoms with Gasteiger partial charge in [0.05, 0.1) is 11.0 Å². The predicted octanol–water partition coefficient (Wildman–Crippen LogP) is 4.94. The van der Waals surface area contributed by atoms with E-state index in [1.165, 1.54) is 24.3 Å². The first-order valence-electron chi connectivity index (χ1n) is 5.72. The molecular formula is C13H7ClF3NO4. The van der Waals surface area contributed by atoms with Crippen molar-refractivity contribution in [1.29, 1.82) is 0 Å². The van der Waals surface area contributed by atoms with Gasteiger partial charge in [-0.3, -0.25) is 10.1 Å². The van der Waals surface area contributed by atoms with Crippen molar-refractivity contribution in [2.24, 2.45) is 0 Å². The van der Waals surface area contributed by atoms with Crippen LogP contribution in [0.3, 0.4) is 0 Å². The molecule has 0 amide bonds. The zero-order valence-corrected chi connectivity index (χ0v) is 11.4. The molecule has 0 unspecified atom stereocenters. The quantitative estimate of drug-likeness (QED) is 0.587. The summed E-state index contributed by atoms with van der Waals surface area (Å²) in [5, 5.41) is 10.7. The number of hydrogen-bond acceptors (Lipinski definition) is 4. The highest BCUT2D eigenvalue weighted by atomic mass is 35.5. The maximum atomic E-state index is 12.0. The van der Waals surface area contributed by atoms with Crippen LogP contribution in [0.25, 0.3) is 0 Å². The van der Waals surface area contributed by atoms with Crippen LogP contribution in [-0.2, 0) is 0 Å². The number of rotatable bonds is 4. The predicted molar refractivity (Wildman–Crippen MR) is 71.3 cm³/mol. The molecule has 0 aromatic heterocycles. The van der Waals surface area contributed by atoms with E-state index in [0.29, 0.717) is 0 Å². The maximum Gasteiger partial charge on any atom is 0.573 e. The van der Waals surface area contributed by atoms with Crippen molar-refractivity contribution in [2.75, 3.05) is 0 Å². The minimum atomic E-state index is -4.78. The van der Waals surface area contributed by atoms with E-state index in [4.69, 9.17) is 16.3 Å². The fraction of sp³-hybridized carbons (Fsp3) is 0.0769. The van der Waals surface area contributed by atoms with Crippen LogP contribution in [0.2, 0.25) is 5.02 Å². The number of nitro groups is 1. The van der Waals surface area contributed by atoms with Gasteiger partial charge in [0.25, 0.3) is 5.69 Å². The second-order valence-electron chi connectivity index (χ2n) is 3.99. The van der Waals surface area contributed by atoms with Crippen molar-refractivity contribution in [1.82, 2.24) is 0 Å². The Balaban J connectivity index is 2.14. The molecule has 0 spiro atoms. The molecule has 0 aliphatic heterocycles. The molecule has 0 radical (unpaired) electrons. The zero-order valence-electron chi connectivity index (χ0n) is 10.6. The van der Waals surface area contributed by atoms with E-state index in [9.17, 15) is 23.3 Å². The Kier molecular flexibility index (Phi) is 4.41. The van der Waals surface area contributed by atoms with Gasteiger partial charge in [-0.15, -0.1) is 13.2 Å². The zero-order chi connectivity index (χ0) is 16.3. The summed E-state index contributed by atoms with van der Waals surface area (Å²) < 4.78 is 45.1. The molecule has 0 bridgehead atoms. The van der Waals surface area contributed by atoms with Crippen LogP contribution in [0.15, 0.2) is 42.5 Å². The van der Waals surface area contributed by atoms with Gasteiger partial charge < -0.3 is 9.47 Å². The lowest BCUT2D eigenvalue weighted by Crippen LogP contribution is -2.16. The highest BCUT2D eigenvalue weighted by molar-refractivity contribution is 6.32. The maximum absolute atomic E-state index is 12.0. The first kappa shape index (κ1) is 15.9. The summed E-state index contributed by atoms with van der Waals surface area (Å²) >= 11 is 5.66. The average Bonchev–Trinajstić information content (AvgIpc) is 2.41. The van der Waals surface area contributed by atoms with Crippen molar-refractivity contribution in [3.05, 3.63) is 57.6 Å². The lowest BCUT2D eigenvalue weighted by molar-refractivity contribution is -0.384. The van der Waals surface area contributed by atoms with Crippen LogP contribution in [0, 0.1) is 10.1 Å². The second kappa shape index (κ2) is 6.10. The number of hydrogen-bond donors (Lipinski definition) is 0. The molecule has 0 aliphatic rings. The molecule has 0 saturated carbocycles. The summed E-state index contributed by atoms with van der Waals surface area (Å²) in [5.41, 5.74) is -0.337. The summed E-state index contributed by atoms with van der Waals surface area (Å²) in [6, 6.07) is 8.40. The summed E-state index contributed by atoms with van der Waals surface area (Å²) in [7, 11) is 0. The van der Waals surface area contributed by atoms with E-state index in [2.05, 4.69) is 4.74 Å². The smallest absolute Gasteiger partial charge is 0.457 e. The van der Waals surface area contributed by atoms with Crippen molar-refractivity contribution < 1.29 is 27.6 Å². The Bertz CT molecular complexity index is 689. The van der Waals surface area contributed by atoms with Crippen molar-refractivity contribution >= 4 is 17.3 Å². The average molecular weight is 334 g/mol. The molecule has 0 aliphatic carbocycles. The molecule has 5 nitrogen and oxygen atoms in total. The van der Waals surface area contributed by atoms with E-state index in [1.807, 2.05) is 0 Å². The van der Waals surface area contributed by atoms with E-state index >= 15 is 0 Å². The third-order valence-electron chi connectivity index (χ3n) is 2.41. The Hall–Kier alpha value is -2.48. The normalized spacial score (nSPS) is 11.1. The van der Waals surface area contributed by atoms with Crippen LogP contribution in [0.4, 0.5) is 18.9 Å². The van der Waals surface area contributed by atoms with Crippen LogP contribution in [0.5, 0.6) is 17.2 Å². The fourth-order valence-electron chi connectivity index (χ4n) is 1.54. The van der Waals surface area contributed by atoms with Gasteiger partial charge in [0.15, 0.2) is 0 Å². The molecule has 0 saturated heterocycles. The van der Waals surface area contributed by atoms with Crippen LogP contribution >= 0.6 is 11.6 Å². The number of nitro benzene ring substituents is 1. The molecule has 0 N–H and O–H groups in total. The van der Waals surface area contributed by atoms with Gasteiger partial charge in [-0.25, -0.2) is 0 Å². The van der Waals surface area contributed by atoms with Crippen molar-refractivity contribution in [3.63, 3.8) is 0 Å². The Morgan fingerprint density at radius 2 is 1.55 bits per heavy atom. The third-order valence-corrected chi connectivity index (χ3v) is 2.73. The Labute approximate surface area is 127 Å². The van der Waals surface area contributed by atoms with E-state index in [1.54, 1.807) is 0 Å². The Morgan fingerprint density at radius 3 is 2.09 bits per heavy atom. The third kappa shape index (κ3) is 4.26. The summed E-state index contributed by atoms with van der Waals surface area (Å²) in [6.45, 7) is 0. The standard InChI is InChI=1S/C13H7ClF3NO4/c14-11-6-5-10(7-12(11)18(19)20)21-8-1-3-9(4-2-8)22-13(15,16)17/h1-7H. The summed E-state index contributed by atoms with van der Waals surface area (Å²) in [6.07, 6.45) is -4.78. The molecule has 2 aromatic carbocycles. The molecule has 0 fully saturated rings. The largest absolute Gasteiger partial charge is 0.573 e. The molecule has 116 valence electrons. The number of alkyl halides is 3. The molecule has 22 heavy (non-hydrogen) atoms. The number of nitrogens with zero attached hydrogens (tertiary/aromatic N) is 1. The highest BCUT2D eigenvalue weighted by Gasteiger charge is 2.31. The molecule has 2 aromatic rings. The molecule has 0 heterocycles. The minimum absolute atomic E-state index is 0.0497. The van der Waals surface area contributed by atoms with Gasteiger partial charge in [0.1, 0.15) is 22.3 Å². The van der Waals surface area contributed by atoms with Crippen LogP contribution in [-0.4, -0.2) is 11.3 Å². The van der Waals surface area contributed by atoms with Crippen LogP contribution < -0.4 is 9.47 Å². The monoisotopic (exact) mass is 333 g/mol. The van der Waals surface area contributed by atoms with Gasteiger partial charge in [-0.2, -0.15) is 0 Å². The molecular weight excluding hydrogens is 327 g/mol. The van der Waals surface area contributed by atoms with E-state index in [-0.39, 0.29) is 22.2 Å². The molecule has 0 atom stereocenters. The van der Waals surface area contributed by atoms with E-state index in [0.717, 1.165) is 18.2 Å². The number of ether oxygens (including phenoxy) is 2. The van der Waals surface area contributed by atoms with Gasteiger partial charge >= 0.3 is 6.36 Å². The Morgan fingerprint density at radius 1 is 1.00 bits per heavy atom. The summed E-state index contributed by atoms with van der Waals surface area (Å²) in [5.74, 6) is -0.0892. The van der Waals surface area contributed by atoms with Gasteiger partial charge in [-0.05, 0) is 36.4 Å². The fourth-order valence-corrected chi connectivity index (χ4v) is 1.73. The van der Waals surface area contributed by atoms with Gasteiger partial charge in [0, 0.05) is 0 Å². The lowest BCUT2D eigenvalue weighted by Gasteiger charge is -2.10. The lowest BCUT2D eigenvalue weighted by atomic mass is 10.3. The molecule has 9 heteroatoms. The number of benzene rings is 2. The van der Waals surface area contributed by atoms with E-state index < -0.39 is 17.0 Å². The number of halogens is 4. The van der Waals surface area contributed by atoms with Crippen LogP contribution in [0.1, 0.15) is 0 Å². The topological polar surface area (TPSA) is 61.6 Å².